The number of nitrogens with one attached hydrogen (secondary N) is 1. The monoisotopic (exact) mass is 583 g/mol. The van der Waals surface area contributed by atoms with E-state index in [-0.39, 0.29) is 11.8 Å². The zero-order valence-electron chi connectivity index (χ0n) is 21.3. The molecule has 8 heteroatoms. The zero-order chi connectivity index (χ0) is 26.9. The lowest BCUT2D eigenvalue weighted by Gasteiger charge is -2.35. The summed E-state index contributed by atoms with van der Waals surface area (Å²) in [6.45, 7) is 2.62. The maximum absolute atomic E-state index is 13.2. The average molecular weight is 584 g/mol. The number of carbonyl (C=O) groups excluding carboxylic acids is 2. The summed E-state index contributed by atoms with van der Waals surface area (Å²) in [6, 6.07) is 26.9. The van der Waals surface area contributed by atoms with E-state index in [0.29, 0.717) is 48.9 Å². The van der Waals surface area contributed by atoms with Crippen molar-refractivity contribution in [2.24, 2.45) is 0 Å². The van der Waals surface area contributed by atoms with E-state index in [0.717, 1.165) is 31.9 Å². The molecule has 0 spiro atoms. The molecule has 0 aliphatic carbocycles. The number of furan rings is 1. The highest BCUT2D eigenvalue weighted by Gasteiger charge is 2.25. The van der Waals surface area contributed by atoms with Gasteiger partial charge in [0.25, 0.3) is 11.8 Å². The summed E-state index contributed by atoms with van der Waals surface area (Å²) in [6.07, 6.45) is 0. The summed E-state index contributed by atoms with van der Waals surface area (Å²) in [5.41, 5.74) is 2.90. The van der Waals surface area contributed by atoms with Crippen LogP contribution >= 0.6 is 15.9 Å². The number of benzene rings is 4. The molecule has 1 saturated heterocycles. The van der Waals surface area contributed by atoms with Gasteiger partial charge in [0.2, 0.25) is 0 Å². The van der Waals surface area contributed by atoms with Gasteiger partial charge in [-0.2, -0.15) is 0 Å². The van der Waals surface area contributed by atoms with Crippen molar-refractivity contribution < 1.29 is 18.7 Å². The Bertz CT molecular complexity index is 1660. The summed E-state index contributed by atoms with van der Waals surface area (Å²) in [7, 11) is 1.56. The van der Waals surface area contributed by atoms with Crippen molar-refractivity contribution in [2.45, 2.75) is 0 Å². The van der Waals surface area contributed by atoms with E-state index in [4.69, 9.17) is 9.15 Å². The molecule has 1 aliphatic rings. The first kappa shape index (κ1) is 25.0. The van der Waals surface area contributed by atoms with Gasteiger partial charge in [-0.25, -0.2) is 0 Å². The molecule has 0 radical (unpaired) electrons. The lowest BCUT2D eigenvalue weighted by atomic mass is 10.0. The van der Waals surface area contributed by atoms with Crippen LogP contribution in [0.2, 0.25) is 0 Å². The summed E-state index contributed by atoms with van der Waals surface area (Å²) >= 11 is 3.59. The minimum absolute atomic E-state index is 0.0836. The molecule has 2 amide bonds. The molecular weight excluding hydrogens is 558 g/mol. The number of piperazine rings is 1. The fraction of sp³-hybridized carbons (Fsp3) is 0.161. The molecular formula is C31H26BrN3O4. The molecule has 39 heavy (non-hydrogen) atoms. The molecule has 5 aromatic rings. The quantitative estimate of drug-likeness (QED) is 0.253. The van der Waals surface area contributed by atoms with E-state index in [1.54, 1.807) is 7.11 Å². The van der Waals surface area contributed by atoms with Crippen LogP contribution in [0.4, 0.5) is 11.4 Å². The fourth-order valence-electron chi connectivity index (χ4n) is 5.02. The second-order valence-corrected chi connectivity index (χ2v) is 10.2. The number of hydrogen-bond acceptors (Lipinski definition) is 5. The van der Waals surface area contributed by atoms with E-state index in [2.05, 4.69) is 26.1 Å². The van der Waals surface area contributed by atoms with Crippen molar-refractivity contribution in [1.29, 1.82) is 0 Å². The molecule has 2 heterocycles. The van der Waals surface area contributed by atoms with Crippen molar-refractivity contribution in [2.75, 3.05) is 43.5 Å². The van der Waals surface area contributed by atoms with Crippen LogP contribution in [-0.2, 0) is 0 Å². The number of methoxy groups -OCH3 is 1. The highest BCUT2D eigenvalue weighted by molar-refractivity contribution is 9.10. The van der Waals surface area contributed by atoms with Gasteiger partial charge in [0, 0.05) is 42.9 Å². The number of fused-ring (bicyclic) bond motifs is 2. The molecule has 4 aromatic carbocycles. The van der Waals surface area contributed by atoms with Gasteiger partial charge < -0.3 is 24.3 Å². The molecule has 0 atom stereocenters. The van der Waals surface area contributed by atoms with Crippen molar-refractivity contribution in [3.63, 3.8) is 0 Å². The second-order valence-electron chi connectivity index (χ2n) is 9.42. The molecule has 0 bridgehead atoms. The minimum Gasteiger partial charge on any atom is -0.495 e. The van der Waals surface area contributed by atoms with Crippen LogP contribution in [0.25, 0.3) is 21.7 Å². The molecule has 1 N–H and O–H groups in total. The Kier molecular flexibility index (Phi) is 6.70. The van der Waals surface area contributed by atoms with Crippen molar-refractivity contribution >= 4 is 60.9 Å². The molecule has 1 aliphatic heterocycles. The first-order chi connectivity index (χ1) is 19.0. The Morgan fingerprint density at radius 3 is 2.28 bits per heavy atom. The molecule has 6 rings (SSSR count). The number of hydrogen-bond donors (Lipinski definition) is 1. The van der Waals surface area contributed by atoms with Crippen molar-refractivity contribution in [3.8, 4) is 5.75 Å². The van der Waals surface area contributed by atoms with Gasteiger partial charge >= 0.3 is 0 Å². The molecule has 196 valence electrons. The lowest BCUT2D eigenvalue weighted by molar-refractivity contribution is 0.0717. The summed E-state index contributed by atoms with van der Waals surface area (Å²) < 4.78 is 12.1. The topological polar surface area (TPSA) is 75.0 Å². The average Bonchev–Trinajstić information content (AvgIpc) is 3.42. The van der Waals surface area contributed by atoms with E-state index in [1.807, 2.05) is 89.8 Å². The van der Waals surface area contributed by atoms with Gasteiger partial charge in [0.1, 0.15) is 11.3 Å². The lowest BCUT2D eigenvalue weighted by Crippen LogP contribution is -2.48. The molecule has 0 unspecified atom stereocenters. The SMILES string of the molecule is COc1c(C(=O)Nc2ccc(N3CCN(C(=O)c4cc5ccccc5o4)CC3)cc2)cc2ccccc2c1Br. The molecule has 1 fully saturated rings. The molecule has 1 aromatic heterocycles. The van der Waals surface area contributed by atoms with Gasteiger partial charge in [-0.05, 0) is 69.2 Å². The third kappa shape index (κ3) is 4.83. The highest BCUT2D eigenvalue weighted by Crippen LogP contribution is 2.37. The first-order valence-corrected chi connectivity index (χ1v) is 13.5. The molecule has 0 saturated carbocycles. The predicted octanol–water partition coefficient (Wildman–Crippen LogP) is 6.57. The van der Waals surface area contributed by atoms with Crippen LogP contribution in [0.1, 0.15) is 20.9 Å². The van der Waals surface area contributed by atoms with Crippen LogP contribution in [0.3, 0.4) is 0 Å². The maximum atomic E-state index is 13.2. The summed E-state index contributed by atoms with van der Waals surface area (Å²) in [4.78, 5) is 30.2. The van der Waals surface area contributed by atoms with E-state index < -0.39 is 0 Å². The summed E-state index contributed by atoms with van der Waals surface area (Å²) in [5.74, 6) is 0.543. The largest absolute Gasteiger partial charge is 0.495 e. The number of amides is 2. The van der Waals surface area contributed by atoms with Crippen LogP contribution in [-0.4, -0.2) is 50.0 Å². The van der Waals surface area contributed by atoms with Crippen LogP contribution < -0.4 is 15.0 Å². The maximum Gasteiger partial charge on any atom is 0.289 e. The number of carbonyl (C=O) groups is 2. The van der Waals surface area contributed by atoms with E-state index >= 15 is 0 Å². The van der Waals surface area contributed by atoms with Crippen molar-refractivity contribution in [1.82, 2.24) is 4.90 Å². The van der Waals surface area contributed by atoms with Gasteiger partial charge in [0.05, 0.1) is 17.1 Å². The second kappa shape index (κ2) is 10.5. The minimum atomic E-state index is -0.247. The Morgan fingerprint density at radius 1 is 0.872 bits per heavy atom. The van der Waals surface area contributed by atoms with Gasteiger partial charge in [-0.1, -0.05) is 42.5 Å². The van der Waals surface area contributed by atoms with Crippen molar-refractivity contribution in [3.05, 3.63) is 101 Å². The van der Waals surface area contributed by atoms with Crippen LogP contribution in [0, 0.1) is 0 Å². The van der Waals surface area contributed by atoms with Crippen LogP contribution in [0.5, 0.6) is 5.75 Å². The van der Waals surface area contributed by atoms with Gasteiger partial charge in [0.15, 0.2) is 5.76 Å². The first-order valence-electron chi connectivity index (χ1n) is 12.7. The number of ether oxygens (including phenoxy) is 1. The highest BCUT2D eigenvalue weighted by atomic mass is 79.9. The zero-order valence-corrected chi connectivity index (χ0v) is 22.9. The standard InChI is InChI=1S/C31H26BrN3O4/c1-38-29-25(18-20-6-2-4-8-24(20)28(29)32)30(36)33-22-10-12-23(13-11-22)34-14-16-35(17-15-34)31(37)27-19-21-7-3-5-9-26(21)39-27/h2-13,18-19H,14-17H2,1H3,(H,33,36). The predicted molar refractivity (Wildman–Crippen MR) is 157 cm³/mol. The normalized spacial score (nSPS) is 13.6. The third-order valence-electron chi connectivity index (χ3n) is 7.08. The Morgan fingerprint density at radius 2 is 1.56 bits per heavy atom. The number of anilines is 2. The summed E-state index contributed by atoms with van der Waals surface area (Å²) in [5, 5.41) is 5.84. The van der Waals surface area contributed by atoms with Gasteiger partial charge in [-0.15, -0.1) is 0 Å². The van der Waals surface area contributed by atoms with Crippen LogP contribution in [0.15, 0.2) is 93.8 Å². The van der Waals surface area contributed by atoms with E-state index in [1.165, 1.54) is 0 Å². The van der Waals surface area contributed by atoms with E-state index in [9.17, 15) is 9.59 Å². The Balaban J connectivity index is 1.10. The number of rotatable bonds is 5. The Labute approximate surface area is 234 Å². The smallest absolute Gasteiger partial charge is 0.289 e. The number of nitrogens with zero attached hydrogens (tertiary/aromatic N) is 2. The molecule has 7 nitrogen and oxygen atoms in total. The Hall–Kier alpha value is -4.30. The third-order valence-corrected chi connectivity index (χ3v) is 7.87. The number of para-hydroxylation sites is 1. The number of halogens is 1. The fourth-order valence-corrected chi connectivity index (χ4v) is 5.75. The van der Waals surface area contributed by atoms with Gasteiger partial charge in [-0.3, -0.25) is 9.59 Å².